The Labute approximate surface area is 236 Å². The molecule has 0 radical (unpaired) electrons. The summed E-state index contributed by atoms with van der Waals surface area (Å²) in [4.78, 5) is 13.7. The summed E-state index contributed by atoms with van der Waals surface area (Å²) >= 11 is 0. The lowest BCUT2D eigenvalue weighted by Crippen LogP contribution is -2.25. The molecule has 0 fully saturated rings. The third kappa shape index (κ3) is 7.95. The van der Waals surface area contributed by atoms with Gasteiger partial charge in [-0.25, -0.2) is 4.79 Å². The van der Waals surface area contributed by atoms with Crippen LogP contribution >= 0.6 is 0 Å². The molecule has 4 aromatic carbocycles. The van der Waals surface area contributed by atoms with Crippen molar-refractivity contribution in [2.45, 2.75) is 26.9 Å². The van der Waals surface area contributed by atoms with Gasteiger partial charge in [0.05, 0.1) is 0 Å². The van der Waals surface area contributed by atoms with Crippen LogP contribution in [-0.4, -0.2) is 30.4 Å². The van der Waals surface area contributed by atoms with E-state index < -0.39 is 12.1 Å². The molecule has 0 aliphatic carbocycles. The fourth-order valence-electron chi connectivity index (χ4n) is 3.97. The molecule has 5 heteroatoms. The van der Waals surface area contributed by atoms with Crippen LogP contribution in [0.5, 0.6) is 5.75 Å². The van der Waals surface area contributed by atoms with Crippen molar-refractivity contribution >= 4 is 35.2 Å². The fourth-order valence-corrected chi connectivity index (χ4v) is 3.97. The van der Waals surface area contributed by atoms with E-state index in [1.165, 1.54) is 11.1 Å². The molecular weight excluding hydrogens is 498 g/mol. The summed E-state index contributed by atoms with van der Waals surface area (Å²) in [6, 6.07) is 33.2. The van der Waals surface area contributed by atoms with Gasteiger partial charge in [0.25, 0.3) is 0 Å². The number of carbonyl (C=O) groups excluding carboxylic acids is 1. The molecule has 1 N–H and O–H groups in total. The van der Waals surface area contributed by atoms with Crippen LogP contribution in [-0.2, 0) is 9.53 Å². The van der Waals surface area contributed by atoms with E-state index in [9.17, 15) is 9.90 Å². The van der Waals surface area contributed by atoms with Crippen molar-refractivity contribution in [2.24, 2.45) is 0 Å². The molecule has 0 saturated heterocycles. The van der Waals surface area contributed by atoms with E-state index in [1.54, 1.807) is 6.92 Å². The predicted molar refractivity (Wildman–Crippen MR) is 163 cm³/mol. The lowest BCUT2D eigenvalue weighted by atomic mass is 10.1. The maximum absolute atomic E-state index is 11.4. The summed E-state index contributed by atoms with van der Waals surface area (Å²) in [6.45, 7) is 9.15. The highest BCUT2D eigenvalue weighted by molar-refractivity contribution is 5.87. The quantitative estimate of drug-likeness (QED) is 0.121. The van der Waals surface area contributed by atoms with Gasteiger partial charge in [0.1, 0.15) is 25.1 Å². The van der Waals surface area contributed by atoms with Crippen LogP contribution < -0.4 is 9.64 Å². The zero-order chi connectivity index (χ0) is 28.5. The number of hydrogen-bond donors (Lipinski definition) is 1. The van der Waals surface area contributed by atoms with Crippen LogP contribution in [0.3, 0.4) is 0 Å². The third-order valence-corrected chi connectivity index (χ3v) is 6.28. The van der Waals surface area contributed by atoms with Gasteiger partial charge in [-0.05, 0) is 80.4 Å². The van der Waals surface area contributed by atoms with E-state index >= 15 is 0 Å². The number of carbonyl (C=O) groups is 1. The maximum Gasteiger partial charge on any atom is 0.333 e. The third-order valence-electron chi connectivity index (χ3n) is 6.28. The Balaban J connectivity index is 1.39. The molecule has 0 spiro atoms. The fraction of sp³-hybridized carbons (Fsp3) is 0.171. The Morgan fingerprint density at radius 2 is 1.18 bits per heavy atom. The molecule has 0 aliphatic rings. The van der Waals surface area contributed by atoms with Gasteiger partial charge >= 0.3 is 5.97 Å². The Kier molecular flexibility index (Phi) is 9.55. The number of anilines is 3. The molecule has 0 aliphatic heterocycles. The zero-order valence-electron chi connectivity index (χ0n) is 23.2. The molecule has 40 heavy (non-hydrogen) atoms. The maximum atomic E-state index is 11.4. The number of aliphatic hydroxyl groups is 1. The number of hydrogen-bond acceptors (Lipinski definition) is 5. The second-order valence-corrected chi connectivity index (χ2v) is 9.84. The number of benzene rings is 4. The summed E-state index contributed by atoms with van der Waals surface area (Å²) in [5.74, 6) is 0.0961. The zero-order valence-corrected chi connectivity index (χ0v) is 23.2. The number of ether oxygens (including phenoxy) is 2. The Bertz CT molecular complexity index is 1390. The number of esters is 1. The second-order valence-electron chi connectivity index (χ2n) is 9.84. The number of aliphatic hydroxyl groups excluding tert-OH is 1. The van der Waals surface area contributed by atoms with Gasteiger partial charge in [-0.3, -0.25) is 0 Å². The molecule has 0 heterocycles. The first-order valence-corrected chi connectivity index (χ1v) is 13.2. The molecule has 4 aromatic rings. The van der Waals surface area contributed by atoms with E-state index in [0.29, 0.717) is 11.3 Å². The van der Waals surface area contributed by atoms with Gasteiger partial charge in [-0.1, -0.05) is 78.4 Å². The molecule has 5 nitrogen and oxygen atoms in total. The minimum atomic E-state index is -0.918. The van der Waals surface area contributed by atoms with Crippen molar-refractivity contribution in [2.75, 3.05) is 18.1 Å². The van der Waals surface area contributed by atoms with E-state index in [2.05, 4.69) is 104 Å². The van der Waals surface area contributed by atoms with Crippen molar-refractivity contribution in [3.8, 4) is 5.75 Å². The molecule has 1 unspecified atom stereocenters. The SMILES string of the molecule is C=C(C)C(=O)OCC(O)COc1ccc(C=Cc2ccc(N(c3ccc(C)cc3)c3ccc(C)cc3)cc2)cc1. The van der Waals surface area contributed by atoms with Gasteiger partial charge in [-0.15, -0.1) is 0 Å². The van der Waals surface area contributed by atoms with Crippen LogP contribution in [0.4, 0.5) is 17.1 Å². The largest absolute Gasteiger partial charge is 0.491 e. The summed E-state index contributed by atoms with van der Waals surface area (Å²) in [7, 11) is 0. The molecule has 0 amide bonds. The van der Waals surface area contributed by atoms with Crippen molar-refractivity contribution in [3.63, 3.8) is 0 Å². The highest BCUT2D eigenvalue weighted by atomic mass is 16.5. The summed E-state index contributed by atoms with van der Waals surface area (Å²) < 4.78 is 10.5. The van der Waals surface area contributed by atoms with Gasteiger partial charge < -0.3 is 19.5 Å². The van der Waals surface area contributed by atoms with Crippen molar-refractivity contribution in [1.29, 1.82) is 0 Å². The first-order valence-electron chi connectivity index (χ1n) is 13.2. The van der Waals surface area contributed by atoms with Crippen LogP contribution in [0.25, 0.3) is 12.2 Å². The van der Waals surface area contributed by atoms with E-state index in [0.717, 1.165) is 28.2 Å². The van der Waals surface area contributed by atoms with Crippen LogP contribution in [0.15, 0.2) is 109 Å². The smallest absolute Gasteiger partial charge is 0.333 e. The van der Waals surface area contributed by atoms with E-state index in [-0.39, 0.29) is 13.2 Å². The normalized spacial score (nSPS) is 11.7. The van der Waals surface area contributed by atoms with Crippen molar-refractivity contribution in [1.82, 2.24) is 0 Å². The molecule has 0 saturated carbocycles. The first kappa shape index (κ1) is 28.4. The first-order chi connectivity index (χ1) is 19.3. The lowest BCUT2D eigenvalue weighted by Gasteiger charge is -2.25. The highest BCUT2D eigenvalue weighted by Gasteiger charge is 2.12. The average Bonchev–Trinajstić information content (AvgIpc) is 2.97. The number of rotatable bonds is 11. The summed E-state index contributed by atoms with van der Waals surface area (Å²) in [6.07, 6.45) is 3.20. The van der Waals surface area contributed by atoms with Crippen LogP contribution in [0, 0.1) is 13.8 Å². The van der Waals surface area contributed by atoms with Crippen molar-refractivity contribution in [3.05, 3.63) is 131 Å². The molecule has 204 valence electrons. The lowest BCUT2D eigenvalue weighted by molar-refractivity contribution is -0.142. The van der Waals surface area contributed by atoms with Crippen molar-refractivity contribution < 1.29 is 19.4 Å². The van der Waals surface area contributed by atoms with E-state index in [1.807, 2.05) is 30.3 Å². The standard InChI is InChI=1S/C35H35NO4/c1-25(2)35(38)40-24-33(37)23-39-34-21-13-29(14-22-34)10-9-28-11-19-32(20-12-28)36(30-15-5-26(3)6-16-30)31-17-7-27(4)8-18-31/h5-22,33,37H,1,23-24H2,2-4H3. The highest BCUT2D eigenvalue weighted by Crippen LogP contribution is 2.35. The number of nitrogens with zero attached hydrogens (tertiary/aromatic N) is 1. The second kappa shape index (κ2) is 13.5. The minimum Gasteiger partial charge on any atom is -0.491 e. The summed E-state index contributed by atoms with van der Waals surface area (Å²) in [5, 5.41) is 9.97. The van der Waals surface area contributed by atoms with Gasteiger partial charge in [-0.2, -0.15) is 0 Å². The van der Waals surface area contributed by atoms with Crippen LogP contribution in [0.2, 0.25) is 0 Å². The number of aryl methyl sites for hydroxylation is 2. The molecule has 1 atom stereocenters. The Morgan fingerprint density at radius 1 is 0.750 bits per heavy atom. The molecular formula is C35H35NO4. The Morgan fingerprint density at radius 3 is 1.62 bits per heavy atom. The Hall–Kier alpha value is -4.61. The van der Waals surface area contributed by atoms with Gasteiger partial charge in [0.2, 0.25) is 0 Å². The topological polar surface area (TPSA) is 59.0 Å². The predicted octanol–water partition coefficient (Wildman–Crippen LogP) is 7.80. The molecule has 0 aromatic heterocycles. The molecule has 0 bridgehead atoms. The van der Waals surface area contributed by atoms with Gasteiger partial charge in [0, 0.05) is 22.6 Å². The van der Waals surface area contributed by atoms with E-state index in [4.69, 9.17) is 9.47 Å². The summed E-state index contributed by atoms with van der Waals surface area (Å²) in [5.41, 5.74) is 8.17. The van der Waals surface area contributed by atoms with Gasteiger partial charge in [0.15, 0.2) is 0 Å². The van der Waals surface area contributed by atoms with Crippen LogP contribution in [0.1, 0.15) is 29.2 Å². The molecule has 4 rings (SSSR count). The minimum absolute atomic E-state index is 0.0210. The average molecular weight is 534 g/mol. The monoisotopic (exact) mass is 533 g/mol.